The summed E-state index contributed by atoms with van der Waals surface area (Å²) in [7, 11) is 0. The summed E-state index contributed by atoms with van der Waals surface area (Å²) in [5.74, 6) is -0.0269. The van der Waals surface area contributed by atoms with Crippen LogP contribution in [0.25, 0.3) is 0 Å². The van der Waals surface area contributed by atoms with Gasteiger partial charge in [-0.05, 0) is 36.4 Å². The second-order valence-corrected chi connectivity index (χ2v) is 5.66. The van der Waals surface area contributed by atoms with E-state index >= 15 is 0 Å². The van der Waals surface area contributed by atoms with E-state index in [9.17, 15) is 14.9 Å². The first-order valence-electron chi connectivity index (χ1n) is 8.19. The van der Waals surface area contributed by atoms with Crippen molar-refractivity contribution in [3.8, 4) is 5.75 Å². The molecule has 0 heterocycles. The number of nitro benzene ring substituents is 1. The summed E-state index contributed by atoms with van der Waals surface area (Å²) < 4.78 is 0. The average Bonchev–Trinajstić information content (AvgIpc) is 2.68. The van der Waals surface area contributed by atoms with Crippen LogP contribution >= 0.6 is 0 Å². The van der Waals surface area contributed by atoms with Gasteiger partial charge in [-0.1, -0.05) is 30.3 Å². The Kier molecular flexibility index (Phi) is 5.32. The smallest absolute Gasteiger partial charge is 0.269 e. The number of rotatable bonds is 6. The maximum absolute atomic E-state index is 12.2. The maximum atomic E-state index is 12.2. The molecule has 0 aliphatic heterocycles. The van der Waals surface area contributed by atoms with Crippen molar-refractivity contribution >= 4 is 28.7 Å². The summed E-state index contributed by atoms with van der Waals surface area (Å²) in [6.07, 6.45) is 0. The van der Waals surface area contributed by atoms with E-state index in [4.69, 9.17) is 4.84 Å². The van der Waals surface area contributed by atoms with Gasteiger partial charge in [0.25, 0.3) is 11.6 Å². The van der Waals surface area contributed by atoms with E-state index in [1.54, 1.807) is 12.1 Å². The van der Waals surface area contributed by atoms with Gasteiger partial charge < -0.3 is 10.2 Å². The third-order valence-electron chi connectivity index (χ3n) is 3.71. The number of nitrogens with zero attached hydrogens (tertiary/aromatic N) is 2. The van der Waals surface area contributed by atoms with Gasteiger partial charge in [0, 0.05) is 24.7 Å². The van der Waals surface area contributed by atoms with Crippen LogP contribution in [0.3, 0.4) is 0 Å². The van der Waals surface area contributed by atoms with Crippen LogP contribution in [0, 0.1) is 10.1 Å². The minimum absolute atomic E-state index is 0.0529. The zero-order valence-electron chi connectivity index (χ0n) is 14.5. The minimum atomic E-state index is -0.494. The van der Waals surface area contributed by atoms with Crippen LogP contribution in [0.2, 0.25) is 0 Å². The maximum Gasteiger partial charge on any atom is 0.269 e. The molecule has 0 aliphatic rings. The number of hydrogen-bond acceptors (Lipinski definition) is 5. The summed E-state index contributed by atoms with van der Waals surface area (Å²) in [6, 6.07) is 22.3. The van der Waals surface area contributed by atoms with Crippen LogP contribution in [0.4, 0.5) is 22.7 Å². The van der Waals surface area contributed by atoms with Crippen molar-refractivity contribution in [1.29, 1.82) is 0 Å². The highest BCUT2D eigenvalue weighted by atomic mass is 16.7. The SMILES string of the molecule is CC(=O)N(Oc1ccc([N+](=O)[O-])cc1)c1ccccc1Nc1ccccc1. The predicted octanol–water partition coefficient (Wildman–Crippen LogP) is 4.69. The number of benzene rings is 3. The molecule has 0 saturated carbocycles. The van der Waals surface area contributed by atoms with Gasteiger partial charge >= 0.3 is 0 Å². The van der Waals surface area contributed by atoms with Crippen LogP contribution in [-0.4, -0.2) is 10.8 Å². The quantitative estimate of drug-likeness (QED) is 0.507. The van der Waals surface area contributed by atoms with Crippen LogP contribution < -0.4 is 15.2 Å². The van der Waals surface area contributed by atoms with E-state index < -0.39 is 4.92 Å². The van der Waals surface area contributed by atoms with Crippen LogP contribution in [0.1, 0.15) is 6.92 Å². The third-order valence-corrected chi connectivity index (χ3v) is 3.71. The number of non-ortho nitro benzene ring substituents is 1. The summed E-state index contributed by atoms with van der Waals surface area (Å²) in [5, 5.41) is 15.2. The fraction of sp³-hybridized carbons (Fsp3) is 0.0500. The molecule has 0 atom stereocenters. The Morgan fingerprint density at radius 3 is 2.22 bits per heavy atom. The Morgan fingerprint density at radius 1 is 0.963 bits per heavy atom. The normalized spacial score (nSPS) is 10.1. The van der Waals surface area contributed by atoms with Crippen LogP contribution in [0.5, 0.6) is 5.75 Å². The van der Waals surface area contributed by atoms with Crippen LogP contribution in [0.15, 0.2) is 78.9 Å². The van der Waals surface area contributed by atoms with Crippen molar-refractivity contribution in [1.82, 2.24) is 0 Å². The third kappa shape index (κ3) is 4.40. The Morgan fingerprint density at radius 2 is 1.59 bits per heavy atom. The largest absolute Gasteiger partial charge is 0.372 e. The second kappa shape index (κ2) is 8.01. The molecule has 1 N–H and O–H groups in total. The summed E-state index contributed by atoms with van der Waals surface area (Å²) >= 11 is 0. The van der Waals surface area contributed by atoms with E-state index in [1.807, 2.05) is 42.5 Å². The Hall–Kier alpha value is -3.87. The zero-order valence-corrected chi connectivity index (χ0v) is 14.5. The zero-order chi connectivity index (χ0) is 19.2. The second-order valence-electron chi connectivity index (χ2n) is 5.66. The first-order valence-corrected chi connectivity index (χ1v) is 8.19. The predicted molar refractivity (Wildman–Crippen MR) is 103 cm³/mol. The van der Waals surface area contributed by atoms with E-state index in [0.717, 1.165) is 10.8 Å². The minimum Gasteiger partial charge on any atom is -0.372 e. The topological polar surface area (TPSA) is 84.7 Å². The molecule has 3 rings (SSSR count). The van der Waals surface area contributed by atoms with Crippen molar-refractivity contribution in [3.63, 3.8) is 0 Å². The molecule has 0 aromatic heterocycles. The van der Waals surface area contributed by atoms with Crippen molar-refractivity contribution in [2.75, 3.05) is 10.4 Å². The van der Waals surface area contributed by atoms with Gasteiger partial charge in [0.15, 0.2) is 5.75 Å². The molecular weight excluding hydrogens is 346 g/mol. The van der Waals surface area contributed by atoms with Crippen molar-refractivity contribution < 1.29 is 14.6 Å². The number of amides is 1. The van der Waals surface area contributed by atoms with Gasteiger partial charge in [-0.2, -0.15) is 0 Å². The fourth-order valence-electron chi connectivity index (χ4n) is 2.45. The first kappa shape index (κ1) is 17.9. The molecule has 0 unspecified atom stereocenters. The summed E-state index contributed by atoms with van der Waals surface area (Å²) in [6.45, 7) is 1.38. The number of hydrogen-bond donors (Lipinski definition) is 1. The molecule has 27 heavy (non-hydrogen) atoms. The molecule has 0 spiro atoms. The van der Waals surface area contributed by atoms with E-state index in [0.29, 0.717) is 17.1 Å². The number of para-hydroxylation sites is 3. The van der Waals surface area contributed by atoms with Gasteiger partial charge in [-0.15, -0.1) is 5.06 Å². The molecule has 3 aromatic carbocycles. The molecule has 136 valence electrons. The Bertz CT molecular complexity index is 943. The van der Waals surface area contributed by atoms with Gasteiger partial charge in [0.2, 0.25) is 0 Å². The average molecular weight is 363 g/mol. The summed E-state index contributed by atoms with van der Waals surface area (Å²) in [4.78, 5) is 28.2. The highest BCUT2D eigenvalue weighted by Crippen LogP contribution is 2.30. The van der Waals surface area contributed by atoms with Gasteiger partial charge in [-0.3, -0.25) is 14.9 Å². The molecule has 1 amide bonds. The number of anilines is 3. The molecule has 7 nitrogen and oxygen atoms in total. The van der Waals surface area contributed by atoms with E-state index in [2.05, 4.69) is 5.32 Å². The molecule has 3 aromatic rings. The Labute approximate surface area is 155 Å². The van der Waals surface area contributed by atoms with Gasteiger partial charge in [0.1, 0.15) is 5.69 Å². The molecule has 0 aliphatic carbocycles. The number of carbonyl (C=O) groups is 1. The number of carbonyl (C=O) groups excluding carboxylic acids is 1. The van der Waals surface area contributed by atoms with Gasteiger partial charge in [-0.25, -0.2) is 0 Å². The molecule has 0 saturated heterocycles. The molecule has 0 fully saturated rings. The van der Waals surface area contributed by atoms with Crippen molar-refractivity contribution in [3.05, 3.63) is 89.0 Å². The number of nitrogens with one attached hydrogen (secondary N) is 1. The molecule has 0 bridgehead atoms. The lowest BCUT2D eigenvalue weighted by Crippen LogP contribution is -2.32. The standard InChI is InChI=1S/C20H17N3O4/c1-15(24)22(27-18-13-11-17(12-14-18)23(25)26)20-10-6-5-9-19(20)21-16-7-3-2-4-8-16/h2-14,21H,1H3. The number of hydroxylamine groups is 1. The fourth-order valence-corrected chi connectivity index (χ4v) is 2.45. The monoisotopic (exact) mass is 363 g/mol. The van der Waals surface area contributed by atoms with Crippen LogP contribution in [-0.2, 0) is 4.79 Å². The van der Waals surface area contributed by atoms with E-state index in [-0.39, 0.29) is 11.6 Å². The first-order chi connectivity index (χ1) is 13.0. The van der Waals surface area contributed by atoms with Gasteiger partial charge in [0.05, 0.1) is 10.6 Å². The van der Waals surface area contributed by atoms with E-state index in [1.165, 1.54) is 31.2 Å². The number of nitro groups is 1. The highest BCUT2D eigenvalue weighted by Gasteiger charge is 2.18. The lowest BCUT2D eigenvalue weighted by molar-refractivity contribution is -0.384. The molecular formula is C20H17N3O4. The molecule has 7 heteroatoms. The lowest BCUT2D eigenvalue weighted by Gasteiger charge is -2.23. The Balaban J connectivity index is 1.89. The van der Waals surface area contributed by atoms with Crippen molar-refractivity contribution in [2.24, 2.45) is 0 Å². The molecule has 0 radical (unpaired) electrons. The lowest BCUT2D eigenvalue weighted by atomic mass is 10.2. The summed E-state index contributed by atoms with van der Waals surface area (Å²) in [5.41, 5.74) is 2.01. The van der Waals surface area contributed by atoms with Crippen molar-refractivity contribution in [2.45, 2.75) is 6.92 Å². The highest BCUT2D eigenvalue weighted by molar-refractivity contribution is 5.94.